The number of hydrogen-bond acceptors (Lipinski definition) is 4. The van der Waals surface area contributed by atoms with Crippen molar-refractivity contribution >= 4 is 23.3 Å². The van der Waals surface area contributed by atoms with Gasteiger partial charge in [-0.2, -0.15) is 0 Å². The fraction of sp³-hybridized carbons (Fsp3) is 0.556. The van der Waals surface area contributed by atoms with E-state index in [0.29, 0.717) is 25.6 Å². The van der Waals surface area contributed by atoms with E-state index in [-0.39, 0.29) is 30.1 Å². The Labute approximate surface area is 208 Å². The maximum Gasteiger partial charge on any atom is 0.318 e. The number of urea groups is 1. The van der Waals surface area contributed by atoms with Crippen LogP contribution in [-0.2, 0) is 11.2 Å². The number of rotatable bonds is 8. The molecule has 0 saturated carbocycles. The number of nitrogens with one attached hydrogen (secondary N) is 1. The highest BCUT2D eigenvalue weighted by atomic mass is 32.1. The molecule has 0 saturated heterocycles. The van der Waals surface area contributed by atoms with Crippen LogP contribution in [0.15, 0.2) is 35.7 Å². The highest BCUT2D eigenvalue weighted by Gasteiger charge is 2.34. The Balaban J connectivity index is 1.77. The zero-order chi connectivity index (χ0) is 24.9. The van der Waals surface area contributed by atoms with Gasteiger partial charge in [0, 0.05) is 23.5 Å². The molecule has 34 heavy (non-hydrogen) atoms. The Bertz CT molecular complexity index is 964. The number of aryl methyl sites for hydroxylation is 1. The summed E-state index contributed by atoms with van der Waals surface area (Å²) in [6, 6.07) is 9.71. The molecule has 3 amide bonds. The fourth-order valence-electron chi connectivity index (χ4n) is 4.06. The molecule has 1 aliphatic rings. The maximum atomic E-state index is 13.6. The summed E-state index contributed by atoms with van der Waals surface area (Å²) in [5.41, 5.74) is 1.97. The molecule has 0 bridgehead atoms. The monoisotopic (exact) mass is 485 g/mol. The van der Waals surface area contributed by atoms with Crippen molar-refractivity contribution < 1.29 is 14.3 Å². The lowest BCUT2D eigenvalue weighted by atomic mass is 10.00. The summed E-state index contributed by atoms with van der Waals surface area (Å²) >= 11 is 1.73. The number of amides is 3. The van der Waals surface area contributed by atoms with Gasteiger partial charge < -0.3 is 19.9 Å². The minimum Gasteiger partial charge on any atom is -0.491 e. The summed E-state index contributed by atoms with van der Waals surface area (Å²) in [5.74, 6) is 1.06. The molecule has 0 radical (unpaired) electrons. The number of ether oxygens (including phenoxy) is 1. The van der Waals surface area contributed by atoms with Crippen LogP contribution in [0, 0.1) is 12.8 Å². The molecule has 2 atom stereocenters. The third-order valence-electron chi connectivity index (χ3n) is 6.17. The molecule has 1 aromatic carbocycles. The van der Waals surface area contributed by atoms with Gasteiger partial charge in [0.15, 0.2) is 0 Å². The zero-order valence-corrected chi connectivity index (χ0v) is 22.2. The standard InChI is InChI=1S/C27H39N3O3S/c1-7-19(2)16-29(26(32)28-27(4,5)6)17-25(31)30-14-12-24-22(13-15-34-24)23(30)18-33-21-10-8-20(3)9-11-21/h8-11,13,15,19,23H,7,12,14,16-18H2,1-6H3,(H,28,32). The SMILES string of the molecule is CCC(C)CN(CC(=O)N1CCc2sccc2C1COc1ccc(C)cc1)C(=O)NC(C)(C)C. The Kier molecular flexibility index (Phi) is 8.63. The van der Waals surface area contributed by atoms with E-state index in [1.165, 1.54) is 10.4 Å². The molecule has 1 N–H and O–H groups in total. The lowest BCUT2D eigenvalue weighted by molar-refractivity contribution is -0.135. The van der Waals surface area contributed by atoms with Gasteiger partial charge in [-0.15, -0.1) is 11.3 Å². The molecule has 2 unspecified atom stereocenters. The van der Waals surface area contributed by atoms with Crippen LogP contribution in [0.4, 0.5) is 4.79 Å². The van der Waals surface area contributed by atoms with Crippen molar-refractivity contribution in [3.8, 4) is 5.75 Å². The summed E-state index contributed by atoms with van der Waals surface area (Å²) in [6.45, 7) is 13.7. The maximum absolute atomic E-state index is 13.6. The van der Waals surface area contributed by atoms with Crippen molar-refractivity contribution in [2.45, 2.75) is 66.0 Å². The van der Waals surface area contributed by atoms with Crippen molar-refractivity contribution in [3.05, 3.63) is 51.7 Å². The second-order valence-electron chi connectivity index (χ2n) is 10.4. The molecule has 0 fully saturated rings. The molecule has 1 aliphatic heterocycles. The smallest absolute Gasteiger partial charge is 0.318 e. The van der Waals surface area contributed by atoms with E-state index in [2.05, 4.69) is 30.6 Å². The van der Waals surface area contributed by atoms with Gasteiger partial charge in [0.2, 0.25) is 5.91 Å². The molecular weight excluding hydrogens is 446 g/mol. The third kappa shape index (κ3) is 6.98. The molecule has 186 valence electrons. The third-order valence-corrected chi connectivity index (χ3v) is 7.16. The van der Waals surface area contributed by atoms with Crippen molar-refractivity contribution in [1.29, 1.82) is 0 Å². The summed E-state index contributed by atoms with van der Waals surface area (Å²) in [7, 11) is 0. The number of hydrogen-bond donors (Lipinski definition) is 1. The van der Waals surface area contributed by atoms with Crippen molar-refractivity contribution in [2.75, 3.05) is 26.2 Å². The number of benzene rings is 1. The molecular formula is C27H39N3O3S. The molecule has 2 heterocycles. The summed E-state index contributed by atoms with van der Waals surface area (Å²) < 4.78 is 6.13. The Morgan fingerprint density at radius 2 is 1.94 bits per heavy atom. The van der Waals surface area contributed by atoms with Crippen LogP contribution in [0.25, 0.3) is 0 Å². The lowest BCUT2D eigenvalue weighted by Crippen LogP contribution is -2.53. The first kappa shape index (κ1) is 26.1. The summed E-state index contributed by atoms with van der Waals surface area (Å²) in [4.78, 5) is 31.5. The number of carbonyl (C=O) groups excluding carboxylic acids is 2. The van der Waals surface area contributed by atoms with Crippen LogP contribution in [0.1, 0.15) is 63.1 Å². The molecule has 3 rings (SSSR count). The van der Waals surface area contributed by atoms with Gasteiger partial charge in [-0.1, -0.05) is 38.0 Å². The van der Waals surface area contributed by atoms with Gasteiger partial charge in [0.05, 0.1) is 6.04 Å². The van der Waals surface area contributed by atoms with Gasteiger partial charge in [-0.25, -0.2) is 4.79 Å². The van der Waals surface area contributed by atoms with Crippen molar-refractivity contribution in [2.24, 2.45) is 5.92 Å². The zero-order valence-electron chi connectivity index (χ0n) is 21.4. The molecule has 6 nitrogen and oxygen atoms in total. The number of thiophene rings is 1. The van der Waals surface area contributed by atoms with E-state index in [1.54, 1.807) is 16.2 Å². The Morgan fingerprint density at radius 1 is 1.24 bits per heavy atom. The second-order valence-corrected chi connectivity index (χ2v) is 11.4. The topological polar surface area (TPSA) is 61.9 Å². The van der Waals surface area contributed by atoms with E-state index in [9.17, 15) is 9.59 Å². The van der Waals surface area contributed by atoms with E-state index in [1.807, 2.05) is 56.9 Å². The second kappa shape index (κ2) is 11.3. The highest BCUT2D eigenvalue weighted by molar-refractivity contribution is 7.10. The minimum atomic E-state index is -0.366. The summed E-state index contributed by atoms with van der Waals surface area (Å²) in [6.07, 6.45) is 1.78. The van der Waals surface area contributed by atoms with Crippen molar-refractivity contribution in [1.82, 2.24) is 15.1 Å². The van der Waals surface area contributed by atoms with E-state index < -0.39 is 0 Å². The largest absolute Gasteiger partial charge is 0.491 e. The minimum absolute atomic E-state index is 0.0401. The average Bonchev–Trinajstić information content (AvgIpc) is 3.25. The van der Waals surface area contributed by atoms with E-state index >= 15 is 0 Å². The first-order valence-corrected chi connectivity index (χ1v) is 13.1. The van der Waals surface area contributed by atoms with Gasteiger partial charge in [-0.05, 0) is 69.2 Å². The quantitative estimate of drug-likeness (QED) is 0.543. The normalized spacial score (nSPS) is 16.5. The summed E-state index contributed by atoms with van der Waals surface area (Å²) in [5, 5.41) is 5.11. The first-order valence-electron chi connectivity index (χ1n) is 12.2. The van der Waals surface area contributed by atoms with Crippen LogP contribution in [0.2, 0.25) is 0 Å². The number of nitrogens with zero attached hydrogens (tertiary/aromatic N) is 2. The predicted octanol–water partition coefficient (Wildman–Crippen LogP) is 5.42. The van der Waals surface area contributed by atoms with Crippen LogP contribution in [0.5, 0.6) is 5.75 Å². The lowest BCUT2D eigenvalue weighted by Gasteiger charge is -2.37. The molecule has 0 aliphatic carbocycles. The number of carbonyl (C=O) groups is 2. The number of fused-ring (bicyclic) bond motifs is 1. The Hall–Kier alpha value is -2.54. The fourth-order valence-corrected chi connectivity index (χ4v) is 4.99. The van der Waals surface area contributed by atoms with E-state index in [0.717, 1.165) is 24.2 Å². The van der Waals surface area contributed by atoms with Gasteiger partial charge >= 0.3 is 6.03 Å². The van der Waals surface area contributed by atoms with Gasteiger partial charge in [0.25, 0.3) is 0 Å². The molecule has 0 spiro atoms. The van der Waals surface area contributed by atoms with Gasteiger partial charge in [0.1, 0.15) is 18.9 Å². The Morgan fingerprint density at radius 3 is 2.59 bits per heavy atom. The average molecular weight is 486 g/mol. The highest BCUT2D eigenvalue weighted by Crippen LogP contribution is 2.34. The van der Waals surface area contributed by atoms with Crippen LogP contribution in [-0.4, -0.2) is 53.5 Å². The van der Waals surface area contributed by atoms with Crippen LogP contribution >= 0.6 is 11.3 Å². The molecule has 2 aromatic rings. The van der Waals surface area contributed by atoms with Crippen LogP contribution < -0.4 is 10.1 Å². The van der Waals surface area contributed by atoms with Gasteiger partial charge in [-0.3, -0.25) is 4.79 Å². The van der Waals surface area contributed by atoms with Crippen molar-refractivity contribution in [3.63, 3.8) is 0 Å². The first-order chi connectivity index (χ1) is 16.1. The van der Waals surface area contributed by atoms with E-state index in [4.69, 9.17) is 4.74 Å². The molecule has 1 aromatic heterocycles. The van der Waals surface area contributed by atoms with Crippen LogP contribution in [0.3, 0.4) is 0 Å². The molecule has 7 heteroatoms. The predicted molar refractivity (Wildman–Crippen MR) is 138 cm³/mol.